The molecule has 1 atom stereocenters. The summed E-state index contributed by atoms with van der Waals surface area (Å²) in [5.74, 6) is 0.717. The van der Waals surface area contributed by atoms with Gasteiger partial charge in [-0.3, -0.25) is 4.79 Å². The Hall–Kier alpha value is -1.14. The Morgan fingerprint density at radius 1 is 1.61 bits per heavy atom. The molecule has 1 amide bonds. The molecule has 0 spiro atoms. The van der Waals surface area contributed by atoms with Gasteiger partial charge in [0, 0.05) is 19.3 Å². The first-order chi connectivity index (χ1) is 8.72. The summed E-state index contributed by atoms with van der Waals surface area (Å²) in [5.41, 5.74) is 0. The number of nitrogens with one attached hydrogen (secondary N) is 1. The van der Waals surface area contributed by atoms with Crippen LogP contribution in [-0.2, 0) is 4.79 Å². The average Bonchev–Trinajstić information content (AvgIpc) is 2.37. The van der Waals surface area contributed by atoms with Gasteiger partial charge in [-0.15, -0.1) is 0 Å². The Kier molecular flexibility index (Phi) is 4.54. The summed E-state index contributed by atoms with van der Waals surface area (Å²) in [6, 6.07) is 3.46. The smallest absolute Gasteiger partial charge is 0.245 e. The highest BCUT2D eigenvalue weighted by atomic mass is 79.9. The molecule has 2 N–H and O–H groups in total. The molecule has 1 unspecified atom stereocenters. The number of aliphatic hydroxyl groups is 1. The van der Waals surface area contributed by atoms with Crippen molar-refractivity contribution in [2.24, 2.45) is 0 Å². The van der Waals surface area contributed by atoms with Crippen LogP contribution in [0, 0.1) is 0 Å². The fraction of sp³-hybridized carbons (Fsp3) is 0.500. The van der Waals surface area contributed by atoms with Crippen LogP contribution in [0.15, 0.2) is 22.8 Å². The summed E-state index contributed by atoms with van der Waals surface area (Å²) in [5, 5.41) is 12.1. The number of hydrogen-bond donors (Lipinski definition) is 2. The predicted octanol–water partition coefficient (Wildman–Crippen LogP) is 1.24. The maximum Gasteiger partial charge on any atom is 0.245 e. The topological polar surface area (TPSA) is 65.5 Å². The predicted molar refractivity (Wildman–Crippen MR) is 72.2 cm³/mol. The first-order valence-electron chi connectivity index (χ1n) is 5.99. The van der Waals surface area contributed by atoms with Crippen molar-refractivity contribution in [3.05, 3.63) is 22.8 Å². The van der Waals surface area contributed by atoms with E-state index in [0.717, 1.165) is 23.9 Å². The van der Waals surface area contributed by atoms with Crippen LogP contribution in [0.5, 0.6) is 0 Å². The third kappa shape index (κ3) is 3.00. The van der Waals surface area contributed by atoms with Crippen LogP contribution in [0.2, 0.25) is 0 Å². The standard InChI is InChI=1S/C12H16BrN3O2/c13-9-3-1-5-14-11(9)15-10-4-2-6-16(7-8-17)12(10)18/h1,3,5,10,17H,2,4,6-8H2,(H,14,15). The van der Waals surface area contributed by atoms with Gasteiger partial charge in [0.15, 0.2) is 0 Å². The summed E-state index contributed by atoms with van der Waals surface area (Å²) in [6.07, 6.45) is 3.42. The Morgan fingerprint density at radius 3 is 3.17 bits per heavy atom. The SMILES string of the molecule is O=C1C(Nc2ncccc2Br)CCCN1CCO. The van der Waals surface area contributed by atoms with Crippen molar-refractivity contribution < 1.29 is 9.90 Å². The van der Waals surface area contributed by atoms with Crippen LogP contribution in [0.3, 0.4) is 0 Å². The van der Waals surface area contributed by atoms with Crippen molar-refractivity contribution in [1.29, 1.82) is 0 Å². The van der Waals surface area contributed by atoms with E-state index in [2.05, 4.69) is 26.2 Å². The van der Waals surface area contributed by atoms with E-state index in [1.165, 1.54) is 0 Å². The zero-order chi connectivity index (χ0) is 13.0. The zero-order valence-electron chi connectivity index (χ0n) is 9.97. The monoisotopic (exact) mass is 313 g/mol. The van der Waals surface area contributed by atoms with Gasteiger partial charge in [-0.1, -0.05) is 0 Å². The van der Waals surface area contributed by atoms with E-state index in [-0.39, 0.29) is 18.6 Å². The lowest BCUT2D eigenvalue weighted by atomic mass is 10.0. The number of carbonyl (C=O) groups is 1. The van der Waals surface area contributed by atoms with Gasteiger partial charge in [-0.05, 0) is 40.9 Å². The number of pyridine rings is 1. The van der Waals surface area contributed by atoms with E-state index in [1.807, 2.05) is 12.1 Å². The maximum atomic E-state index is 12.1. The van der Waals surface area contributed by atoms with Crippen LogP contribution in [0.1, 0.15) is 12.8 Å². The number of piperidine rings is 1. The Labute approximate surface area is 114 Å². The third-order valence-electron chi connectivity index (χ3n) is 2.97. The van der Waals surface area contributed by atoms with Crippen molar-refractivity contribution in [1.82, 2.24) is 9.88 Å². The molecule has 1 saturated heterocycles. The molecule has 2 rings (SSSR count). The molecule has 1 aromatic rings. The Morgan fingerprint density at radius 2 is 2.44 bits per heavy atom. The molecule has 1 aliphatic rings. The van der Waals surface area contributed by atoms with Gasteiger partial charge in [-0.2, -0.15) is 0 Å². The molecular formula is C12H16BrN3O2. The molecule has 98 valence electrons. The number of likely N-dealkylation sites (tertiary alicyclic amines) is 1. The van der Waals surface area contributed by atoms with E-state index >= 15 is 0 Å². The largest absolute Gasteiger partial charge is 0.395 e. The van der Waals surface area contributed by atoms with E-state index in [1.54, 1.807) is 11.1 Å². The van der Waals surface area contributed by atoms with Crippen LogP contribution >= 0.6 is 15.9 Å². The van der Waals surface area contributed by atoms with E-state index in [4.69, 9.17) is 5.11 Å². The zero-order valence-corrected chi connectivity index (χ0v) is 11.6. The lowest BCUT2D eigenvalue weighted by molar-refractivity contribution is -0.134. The highest BCUT2D eigenvalue weighted by molar-refractivity contribution is 9.10. The number of nitrogens with zero attached hydrogens (tertiary/aromatic N) is 2. The summed E-state index contributed by atoms with van der Waals surface area (Å²) in [7, 11) is 0. The minimum absolute atomic E-state index is 0.00570. The molecule has 18 heavy (non-hydrogen) atoms. The minimum Gasteiger partial charge on any atom is -0.395 e. The highest BCUT2D eigenvalue weighted by Gasteiger charge is 2.28. The van der Waals surface area contributed by atoms with E-state index in [9.17, 15) is 4.79 Å². The quantitative estimate of drug-likeness (QED) is 0.877. The number of amides is 1. The molecule has 1 aliphatic heterocycles. The number of aromatic nitrogens is 1. The molecule has 2 heterocycles. The van der Waals surface area contributed by atoms with Gasteiger partial charge in [0.25, 0.3) is 0 Å². The molecule has 6 heteroatoms. The van der Waals surface area contributed by atoms with Crippen molar-refractivity contribution in [2.75, 3.05) is 25.0 Å². The lowest BCUT2D eigenvalue weighted by Crippen LogP contribution is -2.48. The van der Waals surface area contributed by atoms with Crippen LogP contribution in [-0.4, -0.2) is 46.6 Å². The van der Waals surface area contributed by atoms with E-state index < -0.39 is 0 Å². The normalized spacial score (nSPS) is 20.0. The number of hydrogen-bond acceptors (Lipinski definition) is 4. The first kappa shape index (κ1) is 13.3. The maximum absolute atomic E-state index is 12.1. The fourth-order valence-electron chi connectivity index (χ4n) is 2.07. The molecule has 1 aromatic heterocycles. The van der Waals surface area contributed by atoms with Crippen LogP contribution in [0.4, 0.5) is 5.82 Å². The highest BCUT2D eigenvalue weighted by Crippen LogP contribution is 2.22. The molecular weight excluding hydrogens is 298 g/mol. The van der Waals surface area contributed by atoms with Crippen molar-refractivity contribution in [3.63, 3.8) is 0 Å². The van der Waals surface area contributed by atoms with Gasteiger partial charge in [0.2, 0.25) is 5.91 Å². The van der Waals surface area contributed by atoms with Crippen LogP contribution in [0.25, 0.3) is 0 Å². The minimum atomic E-state index is -0.253. The number of halogens is 1. The second kappa shape index (κ2) is 6.15. The average molecular weight is 314 g/mol. The van der Waals surface area contributed by atoms with E-state index in [0.29, 0.717) is 12.4 Å². The first-order valence-corrected chi connectivity index (χ1v) is 6.78. The number of aliphatic hydroxyl groups excluding tert-OH is 1. The van der Waals surface area contributed by atoms with Gasteiger partial charge in [-0.25, -0.2) is 4.98 Å². The molecule has 0 aliphatic carbocycles. The Bertz CT molecular complexity index is 426. The number of rotatable bonds is 4. The fourth-order valence-corrected chi connectivity index (χ4v) is 2.44. The Balaban J connectivity index is 2.05. The van der Waals surface area contributed by atoms with Crippen molar-refractivity contribution in [3.8, 4) is 0 Å². The summed E-state index contributed by atoms with van der Waals surface area (Å²) >= 11 is 3.40. The van der Waals surface area contributed by atoms with Crippen molar-refractivity contribution >= 4 is 27.7 Å². The van der Waals surface area contributed by atoms with Gasteiger partial charge in [0.1, 0.15) is 11.9 Å². The summed E-state index contributed by atoms with van der Waals surface area (Å²) in [6.45, 7) is 1.13. The summed E-state index contributed by atoms with van der Waals surface area (Å²) in [4.78, 5) is 18.0. The van der Waals surface area contributed by atoms with Crippen LogP contribution < -0.4 is 5.32 Å². The molecule has 0 aromatic carbocycles. The molecule has 0 radical (unpaired) electrons. The summed E-state index contributed by atoms with van der Waals surface area (Å²) < 4.78 is 0.845. The molecule has 1 fully saturated rings. The molecule has 0 bridgehead atoms. The molecule has 5 nitrogen and oxygen atoms in total. The number of anilines is 1. The molecule has 0 saturated carbocycles. The van der Waals surface area contributed by atoms with Gasteiger partial charge in [0.05, 0.1) is 11.1 Å². The second-order valence-electron chi connectivity index (χ2n) is 4.22. The second-order valence-corrected chi connectivity index (χ2v) is 5.08. The van der Waals surface area contributed by atoms with Gasteiger partial charge < -0.3 is 15.3 Å². The number of carbonyl (C=O) groups excluding carboxylic acids is 1. The lowest BCUT2D eigenvalue weighted by Gasteiger charge is -2.32. The van der Waals surface area contributed by atoms with Gasteiger partial charge >= 0.3 is 0 Å². The number of β-amino-alcohol motifs (C(OH)–C–C–N with tert-alkyl or cyclic N) is 1. The third-order valence-corrected chi connectivity index (χ3v) is 3.61. The van der Waals surface area contributed by atoms with Crippen molar-refractivity contribution in [2.45, 2.75) is 18.9 Å².